The molecule has 0 saturated carbocycles. The van der Waals surface area contributed by atoms with E-state index >= 15 is 0 Å². The van der Waals surface area contributed by atoms with Crippen molar-refractivity contribution in [2.75, 3.05) is 6.61 Å². The van der Waals surface area contributed by atoms with Crippen molar-refractivity contribution in [2.45, 2.75) is 24.4 Å². The number of aliphatic hydroxyl groups excluding tert-OH is 5. The second-order valence-corrected chi connectivity index (χ2v) is 2.36. The molecule has 6 nitrogen and oxygen atoms in total. The maximum Gasteiger partial charge on any atom is 0.151 e. The van der Waals surface area contributed by atoms with Gasteiger partial charge in [-0.15, -0.1) is 0 Å². The first kappa shape index (κ1) is 11.5. The van der Waals surface area contributed by atoms with Gasteiger partial charge >= 0.3 is 0 Å². The van der Waals surface area contributed by atoms with Crippen molar-refractivity contribution < 1.29 is 30.3 Å². The molecule has 0 rings (SSSR count). The third kappa shape index (κ3) is 2.84. The number of rotatable bonds is 5. The Morgan fingerprint density at radius 2 is 1.58 bits per heavy atom. The fourth-order valence-corrected chi connectivity index (χ4v) is 0.618. The van der Waals surface area contributed by atoms with Crippen molar-refractivity contribution in [3.05, 3.63) is 0 Å². The molecular formula is C6H12O6. The van der Waals surface area contributed by atoms with Gasteiger partial charge in [-0.1, -0.05) is 0 Å². The Labute approximate surface area is 68.7 Å². The first-order chi connectivity index (χ1) is 5.54. The van der Waals surface area contributed by atoms with Crippen LogP contribution in [0.4, 0.5) is 0 Å². The lowest BCUT2D eigenvalue weighted by Gasteiger charge is -2.22. The van der Waals surface area contributed by atoms with E-state index in [0.29, 0.717) is 0 Å². The molecule has 0 unspecified atom stereocenters. The molecule has 0 spiro atoms. The van der Waals surface area contributed by atoms with E-state index < -0.39 is 31.0 Å². The molecule has 0 aromatic rings. The highest BCUT2D eigenvalue weighted by atomic mass is 18.2. The molecular weight excluding hydrogens is 180 g/mol. The molecule has 12 heavy (non-hydrogen) atoms. The molecule has 0 aromatic carbocycles. The standard InChI is InChI=1S/C6H12O6/c7-1-3(9)5(11)6(12)4(10)2-8/h1,3-6,8-12H,2H2/t3-,4-,5+,6+/m1/s1/i7+2,8+2,9+2,10+2,11+2,12+2. The molecule has 6 heteroatoms. The van der Waals surface area contributed by atoms with Gasteiger partial charge in [-0.3, -0.25) is 0 Å². The van der Waals surface area contributed by atoms with Gasteiger partial charge in [-0.05, 0) is 0 Å². The van der Waals surface area contributed by atoms with Gasteiger partial charge in [-0.25, -0.2) is 0 Å². The molecule has 0 aliphatic carbocycles. The van der Waals surface area contributed by atoms with Crippen LogP contribution in [0, 0.1) is 0 Å². The summed E-state index contributed by atoms with van der Waals surface area (Å²) in [6.07, 6.45) is -6.84. The number of hydrogen-bond donors (Lipinski definition) is 5. The van der Waals surface area contributed by atoms with E-state index in [1.165, 1.54) is 0 Å². The molecule has 0 aliphatic heterocycles. The van der Waals surface area contributed by atoms with E-state index in [1.54, 1.807) is 0 Å². The van der Waals surface area contributed by atoms with Crippen LogP contribution in [0.15, 0.2) is 0 Å². The molecule has 72 valence electrons. The van der Waals surface area contributed by atoms with Crippen LogP contribution in [0.3, 0.4) is 0 Å². The summed E-state index contributed by atoms with van der Waals surface area (Å²) in [7, 11) is 0. The normalized spacial score (nSPS) is 21.1. The zero-order chi connectivity index (χ0) is 9.72. The zero-order valence-electron chi connectivity index (χ0n) is 6.24. The summed E-state index contributed by atoms with van der Waals surface area (Å²) >= 11 is 0. The summed E-state index contributed by atoms with van der Waals surface area (Å²) in [5.41, 5.74) is 0. The molecule has 5 N–H and O–H groups in total. The topological polar surface area (TPSA) is 118 Å². The van der Waals surface area contributed by atoms with Crippen LogP contribution < -0.4 is 0 Å². The third-order valence-corrected chi connectivity index (χ3v) is 1.42. The average Bonchev–Trinajstić information content (AvgIpc) is 2.12. The van der Waals surface area contributed by atoms with E-state index in [0.717, 1.165) is 0 Å². The number of aliphatic hydroxyl groups is 5. The highest BCUT2D eigenvalue weighted by molar-refractivity contribution is 5.56. The molecule has 0 heterocycles. The van der Waals surface area contributed by atoms with Crippen molar-refractivity contribution in [1.29, 1.82) is 0 Å². The first-order valence-electron chi connectivity index (χ1n) is 3.33. The number of carbonyl (C=O) groups is 1. The summed E-state index contributed by atoms with van der Waals surface area (Å²) < 4.78 is 0. The summed E-state index contributed by atoms with van der Waals surface area (Å²) in [5, 5.41) is 43.5. The molecule has 0 radical (unpaired) electrons. The van der Waals surface area contributed by atoms with Gasteiger partial charge in [0, 0.05) is 0 Å². The number of aldehydes is 1. The second-order valence-electron chi connectivity index (χ2n) is 2.36. The predicted molar refractivity (Wildman–Crippen MR) is 37.2 cm³/mol. The maximum atomic E-state index is 9.90. The van der Waals surface area contributed by atoms with Gasteiger partial charge in [0.05, 0.1) is 6.61 Å². The van der Waals surface area contributed by atoms with Crippen LogP contribution in [0.25, 0.3) is 0 Å². The van der Waals surface area contributed by atoms with Gasteiger partial charge < -0.3 is 30.3 Å². The lowest BCUT2D eigenvalue weighted by atomic mass is 10.1. The lowest BCUT2D eigenvalue weighted by molar-refractivity contribution is -0.136. The molecule has 0 saturated heterocycles. The minimum Gasteiger partial charge on any atom is -0.394 e. The molecule has 0 amide bonds. The van der Waals surface area contributed by atoms with E-state index in [2.05, 4.69) is 0 Å². The van der Waals surface area contributed by atoms with Crippen LogP contribution in [0.5, 0.6) is 0 Å². The molecule has 0 aromatic heterocycles. The highest BCUT2D eigenvalue weighted by Crippen LogP contribution is 2.02. The predicted octanol–water partition coefficient (Wildman–Crippen LogP) is -3.38. The summed E-state index contributed by atoms with van der Waals surface area (Å²) in [4.78, 5) is 9.90. The second kappa shape index (κ2) is 5.18. The maximum absolute atomic E-state index is 9.90. The summed E-state index contributed by atoms with van der Waals surface area (Å²) in [6, 6.07) is 0. The minimum absolute atomic E-state index is 0.0258. The lowest BCUT2D eigenvalue weighted by Crippen LogP contribution is -2.46. The van der Waals surface area contributed by atoms with Crippen LogP contribution in [0.1, 0.15) is 0 Å². The largest absolute Gasteiger partial charge is 0.394 e. The van der Waals surface area contributed by atoms with Gasteiger partial charge in [0.1, 0.15) is 24.4 Å². The summed E-state index contributed by atoms with van der Waals surface area (Å²) in [6.45, 7) is -0.760. The SMILES string of the molecule is [18O]=C[C@@H]([18OH])[C@H]([18OH])[C@@H]([18OH])[C@H]([18OH])C[18OH]. The van der Waals surface area contributed by atoms with E-state index in [1.807, 2.05) is 0 Å². The number of carbonyl (C=O) groups excluding carboxylic acids is 1. The van der Waals surface area contributed by atoms with Gasteiger partial charge in [0.15, 0.2) is 6.29 Å². The summed E-state index contributed by atoms with van der Waals surface area (Å²) in [5.74, 6) is 0. The quantitative estimate of drug-likeness (QED) is 0.229. The van der Waals surface area contributed by atoms with Gasteiger partial charge in [0.2, 0.25) is 0 Å². The minimum atomic E-state index is -1.79. The van der Waals surface area contributed by atoms with Gasteiger partial charge in [-0.2, -0.15) is 0 Å². The molecule has 0 fully saturated rings. The van der Waals surface area contributed by atoms with Crippen LogP contribution in [0.2, 0.25) is 0 Å². The smallest absolute Gasteiger partial charge is 0.151 e. The van der Waals surface area contributed by atoms with Crippen LogP contribution >= 0.6 is 0 Å². The van der Waals surface area contributed by atoms with Gasteiger partial charge in [0.25, 0.3) is 0 Å². The van der Waals surface area contributed by atoms with E-state index in [-0.39, 0.29) is 6.29 Å². The molecule has 0 bridgehead atoms. The van der Waals surface area contributed by atoms with Crippen molar-refractivity contribution in [1.82, 2.24) is 0 Å². The Kier molecular flexibility index (Phi) is 4.95. The Bertz CT molecular complexity index is 138. The highest BCUT2D eigenvalue weighted by Gasteiger charge is 2.29. The Balaban J connectivity index is 4.07. The first-order valence-corrected chi connectivity index (χ1v) is 3.33. The molecule has 0 aliphatic rings. The zero-order valence-corrected chi connectivity index (χ0v) is 6.24. The Hall–Kier alpha value is -0.530. The average molecular weight is 192 g/mol. The third-order valence-electron chi connectivity index (χ3n) is 1.42. The van der Waals surface area contributed by atoms with Crippen molar-refractivity contribution >= 4 is 6.29 Å². The van der Waals surface area contributed by atoms with Crippen molar-refractivity contribution in [2.24, 2.45) is 0 Å². The van der Waals surface area contributed by atoms with Crippen LogP contribution in [-0.4, -0.2) is 62.8 Å². The fourth-order valence-electron chi connectivity index (χ4n) is 0.618. The Morgan fingerprint density at radius 1 is 1.08 bits per heavy atom. The monoisotopic (exact) mass is 192 g/mol. The van der Waals surface area contributed by atoms with Crippen molar-refractivity contribution in [3.8, 4) is 0 Å². The fraction of sp³-hybridized carbons (Fsp3) is 0.833. The van der Waals surface area contributed by atoms with E-state index in [4.69, 9.17) is 25.5 Å². The van der Waals surface area contributed by atoms with Crippen molar-refractivity contribution in [3.63, 3.8) is 0 Å². The number of hydrogen-bond acceptors (Lipinski definition) is 6. The Morgan fingerprint density at radius 3 is 1.92 bits per heavy atom. The molecule has 4 atom stereocenters. The van der Waals surface area contributed by atoms with Crippen LogP contribution in [-0.2, 0) is 4.79 Å². The van der Waals surface area contributed by atoms with E-state index in [9.17, 15) is 4.79 Å².